The Morgan fingerprint density at radius 2 is 1.71 bits per heavy atom. The third-order valence-electron chi connectivity index (χ3n) is 5.01. The van der Waals surface area contributed by atoms with Crippen LogP contribution in [0.1, 0.15) is 72.6 Å². The highest BCUT2D eigenvalue weighted by atomic mass is 16.2. The van der Waals surface area contributed by atoms with Gasteiger partial charge in [0.25, 0.3) is 0 Å². The monoisotopic (exact) mass is 294 g/mol. The second-order valence-corrected chi connectivity index (χ2v) is 7.96. The molecule has 1 aliphatic heterocycles. The first kappa shape index (κ1) is 16.8. The summed E-state index contributed by atoms with van der Waals surface area (Å²) in [5.74, 6) is 2.41. The van der Waals surface area contributed by atoms with Crippen molar-refractivity contribution in [2.75, 3.05) is 6.54 Å². The van der Waals surface area contributed by atoms with E-state index in [-0.39, 0.29) is 12.2 Å². The lowest BCUT2D eigenvalue weighted by atomic mass is 10.0. The first-order chi connectivity index (χ1) is 9.97. The summed E-state index contributed by atoms with van der Waals surface area (Å²) in [6.07, 6.45) is 9.04. The zero-order valence-electron chi connectivity index (χ0n) is 14.4. The highest BCUT2D eigenvalue weighted by molar-refractivity contribution is 5.84. The molecule has 1 aliphatic carbocycles. The molecular formula is C18H34N2O. The van der Waals surface area contributed by atoms with E-state index in [1.165, 1.54) is 32.1 Å². The molecule has 0 aromatic heterocycles. The molecule has 2 aliphatic rings. The Balaban J connectivity index is 1.93. The largest absolute Gasteiger partial charge is 0.326 e. The van der Waals surface area contributed by atoms with Crippen LogP contribution in [0.5, 0.6) is 0 Å². The van der Waals surface area contributed by atoms with Gasteiger partial charge in [-0.3, -0.25) is 10.1 Å². The second kappa shape index (κ2) is 7.62. The quantitative estimate of drug-likeness (QED) is 0.775. The molecule has 1 heterocycles. The molecule has 1 amide bonds. The molecule has 1 saturated heterocycles. The fourth-order valence-electron chi connectivity index (χ4n) is 3.92. The molecular weight excluding hydrogens is 260 g/mol. The average Bonchev–Trinajstić information content (AvgIpc) is 2.97. The Kier molecular flexibility index (Phi) is 6.09. The fourth-order valence-corrected chi connectivity index (χ4v) is 3.92. The van der Waals surface area contributed by atoms with Gasteiger partial charge in [-0.25, -0.2) is 0 Å². The van der Waals surface area contributed by atoms with E-state index in [2.05, 4.69) is 37.9 Å². The second-order valence-electron chi connectivity index (χ2n) is 7.96. The first-order valence-electron chi connectivity index (χ1n) is 9.04. The number of rotatable bonds is 7. The Labute approximate surface area is 130 Å². The van der Waals surface area contributed by atoms with E-state index in [4.69, 9.17) is 0 Å². The summed E-state index contributed by atoms with van der Waals surface area (Å²) in [6, 6.07) is 0.0531. The normalized spacial score (nSPS) is 27.5. The van der Waals surface area contributed by atoms with Gasteiger partial charge in [0.15, 0.2) is 0 Å². The van der Waals surface area contributed by atoms with Crippen molar-refractivity contribution >= 4 is 5.91 Å². The van der Waals surface area contributed by atoms with E-state index in [1.807, 2.05) is 0 Å². The van der Waals surface area contributed by atoms with Crippen molar-refractivity contribution in [1.29, 1.82) is 0 Å². The highest BCUT2D eigenvalue weighted by Gasteiger charge is 2.38. The molecule has 0 radical (unpaired) electrons. The van der Waals surface area contributed by atoms with Crippen LogP contribution in [0, 0.1) is 17.8 Å². The number of nitrogens with one attached hydrogen (secondary N) is 1. The van der Waals surface area contributed by atoms with Crippen LogP contribution in [0.25, 0.3) is 0 Å². The molecule has 0 aromatic rings. The van der Waals surface area contributed by atoms with Crippen LogP contribution in [0.3, 0.4) is 0 Å². The topological polar surface area (TPSA) is 32.3 Å². The van der Waals surface area contributed by atoms with Crippen molar-refractivity contribution in [3.63, 3.8) is 0 Å². The van der Waals surface area contributed by atoms with Crippen LogP contribution in [-0.2, 0) is 4.79 Å². The van der Waals surface area contributed by atoms with Gasteiger partial charge in [-0.05, 0) is 37.0 Å². The van der Waals surface area contributed by atoms with E-state index in [9.17, 15) is 4.79 Å². The number of carbonyl (C=O) groups is 1. The fraction of sp³-hybridized carbons (Fsp3) is 0.944. The third-order valence-corrected chi connectivity index (χ3v) is 5.01. The lowest BCUT2D eigenvalue weighted by molar-refractivity contribution is -0.130. The number of nitrogens with zero attached hydrogens (tertiary/aromatic N) is 1. The Morgan fingerprint density at radius 3 is 2.29 bits per heavy atom. The highest BCUT2D eigenvalue weighted by Crippen LogP contribution is 2.29. The molecule has 2 atom stereocenters. The lowest BCUT2D eigenvalue weighted by Crippen LogP contribution is -2.39. The van der Waals surface area contributed by atoms with Gasteiger partial charge in [0.1, 0.15) is 0 Å². The molecule has 122 valence electrons. The van der Waals surface area contributed by atoms with Crippen molar-refractivity contribution in [2.45, 2.75) is 84.8 Å². The van der Waals surface area contributed by atoms with Gasteiger partial charge in [-0.1, -0.05) is 53.4 Å². The smallest absolute Gasteiger partial charge is 0.241 e. The minimum absolute atomic E-state index is 0.0531. The van der Waals surface area contributed by atoms with Crippen LogP contribution in [-0.4, -0.2) is 29.6 Å². The number of amides is 1. The SMILES string of the molecule is CC(C)CC1NC(CC(C)C)N(CCC2CCCC2)C1=O. The summed E-state index contributed by atoms with van der Waals surface area (Å²) >= 11 is 0. The van der Waals surface area contributed by atoms with Crippen molar-refractivity contribution in [3.8, 4) is 0 Å². The molecule has 2 rings (SSSR count). The van der Waals surface area contributed by atoms with Gasteiger partial charge in [0.2, 0.25) is 5.91 Å². The summed E-state index contributed by atoms with van der Waals surface area (Å²) in [5, 5.41) is 3.61. The summed E-state index contributed by atoms with van der Waals surface area (Å²) in [5.41, 5.74) is 0. The molecule has 2 unspecified atom stereocenters. The van der Waals surface area contributed by atoms with Crippen LogP contribution in [0.2, 0.25) is 0 Å². The summed E-state index contributed by atoms with van der Waals surface area (Å²) < 4.78 is 0. The molecule has 2 fully saturated rings. The van der Waals surface area contributed by atoms with Crippen LogP contribution in [0.15, 0.2) is 0 Å². The Bertz CT molecular complexity index is 334. The number of hydrogen-bond acceptors (Lipinski definition) is 2. The summed E-state index contributed by atoms with van der Waals surface area (Å²) in [7, 11) is 0. The standard InChI is InChI=1S/C18H34N2O/c1-13(2)11-16-18(21)20(17(19-16)12-14(3)4)10-9-15-7-5-6-8-15/h13-17,19H,5-12H2,1-4H3. The molecule has 0 spiro atoms. The minimum atomic E-state index is 0.0531. The summed E-state index contributed by atoms with van der Waals surface area (Å²) in [6.45, 7) is 9.86. The van der Waals surface area contributed by atoms with Crippen molar-refractivity contribution in [1.82, 2.24) is 10.2 Å². The van der Waals surface area contributed by atoms with Gasteiger partial charge < -0.3 is 4.90 Å². The van der Waals surface area contributed by atoms with Gasteiger partial charge in [-0.2, -0.15) is 0 Å². The maximum Gasteiger partial charge on any atom is 0.241 e. The first-order valence-corrected chi connectivity index (χ1v) is 9.04. The third kappa shape index (κ3) is 4.70. The lowest BCUT2D eigenvalue weighted by Gasteiger charge is -2.26. The Hall–Kier alpha value is -0.570. The number of hydrogen-bond donors (Lipinski definition) is 1. The number of carbonyl (C=O) groups excluding carboxylic acids is 1. The van der Waals surface area contributed by atoms with E-state index >= 15 is 0 Å². The molecule has 1 saturated carbocycles. The molecule has 3 nitrogen and oxygen atoms in total. The zero-order chi connectivity index (χ0) is 15.4. The van der Waals surface area contributed by atoms with E-state index in [0.29, 0.717) is 17.7 Å². The maximum atomic E-state index is 12.7. The van der Waals surface area contributed by atoms with Gasteiger partial charge >= 0.3 is 0 Å². The van der Waals surface area contributed by atoms with Crippen LogP contribution in [0.4, 0.5) is 0 Å². The average molecular weight is 294 g/mol. The van der Waals surface area contributed by atoms with E-state index in [0.717, 1.165) is 25.3 Å². The van der Waals surface area contributed by atoms with Crippen LogP contribution < -0.4 is 5.32 Å². The van der Waals surface area contributed by atoms with Gasteiger partial charge in [0, 0.05) is 6.54 Å². The predicted octanol–water partition coefficient (Wildman–Crippen LogP) is 3.79. The molecule has 3 heteroatoms. The zero-order valence-corrected chi connectivity index (χ0v) is 14.4. The minimum Gasteiger partial charge on any atom is -0.326 e. The molecule has 0 bridgehead atoms. The van der Waals surface area contributed by atoms with Crippen LogP contribution >= 0.6 is 0 Å². The van der Waals surface area contributed by atoms with E-state index < -0.39 is 0 Å². The van der Waals surface area contributed by atoms with E-state index in [1.54, 1.807) is 0 Å². The summed E-state index contributed by atoms with van der Waals surface area (Å²) in [4.78, 5) is 14.9. The molecule has 21 heavy (non-hydrogen) atoms. The van der Waals surface area contributed by atoms with Crippen molar-refractivity contribution in [3.05, 3.63) is 0 Å². The van der Waals surface area contributed by atoms with Crippen molar-refractivity contribution < 1.29 is 4.79 Å². The molecule has 1 N–H and O–H groups in total. The Morgan fingerprint density at radius 1 is 1.10 bits per heavy atom. The predicted molar refractivity (Wildman–Crippen MR) is 87.9 cm³/mol. The maximum absolute atomic E-state index is 12.7. The van der Waals surface area contributed by atoms with Gasteiger partial charge in [-0.15, -0.1) is 0 Å². The van der Waals surface area contributed by atoms with Crippen molar-refractivity contribution in [2.24, 2.45) is 17.8 Å². The molecule has 0 aromatic carbocycles. The van der Waals surface area contributed by atoms with Gasteiger partial charge in [0.05, 0.1) is 12.2 Å².